The highest BCUT2D eigenvalue weighted by atomic mass is 32.2. The van der Waals surface area contributed by atoms with Crippen molar-refractivity contribution in [2.75, 3.05) is 13.2 Å². The molecule has 1 fully saturated rings. The molecule has 0 spiro atoms. The molecule has 1 aromatic carbocycles. The van der Waals surface area contributed by atoms with Gasteiger partial charge in [0.05, 0.1) is 28.5 Å². The van der Waals surface area contributed by atoms with Crippen LogP contribution in [0.25, 0.3) is 10.8 Å². The molecule has 0 amide bonds. The third-order valence-corrected chi connectivity index (χ3v) is 6.91. The monoisotopic (exact) mass is 448 g/mol. The summed E-state index contributed by atoms with van der Waals surface area (Å²) in [5.41, 5.74) is 0.867. The SMILES string of the molecule is O=C(OCc1csc(-c2ccco2)n1)c1ccc(S(=O)(=O)NCC2CCCO2)cc1. The number of hydrogen-bond donors (Lipinski definition) is 1. The zero-order chi connectivity index (χ0) is 21.0. The van der Waals surface area contributed by atoms with E-state index >= 15 is 0 Å². The maximum atomic E-state index is 12.4. The number of benzene rings is 1. The van der Waals surface area contributed by atoms with Crippen LogP contribution in [0.2, 0.25) is 0 Å². The molecular formula is C20H20N2O6S2. The number of aromatic nitrogens is 1. The second-order valence-corrected chi connectivity index (χ2v) is 9.33. The molecule has 1 unspecified atom stereocenters. The normalized spacial score (nSPS) is 16.6. The molecule has 1 atom stereocenters. The highest BCUT2D eigenvalue weighted by Crippen LogP contribution is 2.24. The molecule has 1 aliphatic rings. The largest absolute Gasteiger partial charge is 0.462 e. The summed E-state index contributed by atoms with van der Waals surface area (Å²) in [6, 6.07) is 9.20. The molecule has 158 valence electrons. The van der Waals surface area contributed by atoms with Crippen molar-refractivity contribution in [3.63, 3.8) is 0 Å². The van der Waals surface area contributed by atoms with Gasteiger partial charge in [-0.2, -0.15) is 0 Å². The first-order chi connectivity index (χ1) is 14.5. The molecule has 3 heterocycles. The Morgan fingerprint density at radius 1 is 1.27 bits per heavy atom. The van der Waals surface area contributed by atoms with Crippen LogP contribution in [-0.4, -0.2) is 38.6 Å². The number of carbonyl (C=O) groups is 1. The van der Waals surface area contributed by atoms with E-state index in [2.05, 4.69) is 9.71 Å². The summed E-state index contributed by atoms with van der Waals surface area (Å²) in [6.07, 6.45) is 3.26. The van der Waals surface area contributed by atoms with Crippen LogP contribution < -0.4 is 4.72 Å². The number of nitrogens with one attached hydrogen (secondary N) is 1. The molecule has 1 saturated heterocycles. The summed E-state index contributed by atoms with van der Waals surface area (Å²) in [6.45, 7) is 0.910. The molecule has 1 aliphatic heterocycles. The molecule has 4 rings (SSSR count). The van der Waals surface area contributed by atoms with Gasteiger partial charge in [0, 0.05) is 18.5 Å². The van der Waals surface area contributed by atoms with E-state index in [1.165, 1.54) is 35.6 Å². The summed E-state index contributed by atoms with van der Waals surface area (Å²) in [7, 11) is -3.66. The number of hydrogen-bond acceptors (Lipinski definition) is 8. The number of esters is 1. The summed E-state index contributed by atoms with van der Waals surface area (Å²) >= 11 is 1.39. The summed E-state index contributed by atoms with van der Waals surface area (Å²) in [4.78, 5) is 16.7. The van der Waals surface area contributed by atoms with Crippen LogP contribution in [-0.2, 0) is 26.1 Å². The van der Waals surface area contributed by atoms with E-state index in [1.807, 2.05) is 0 Å². The van der Waals surface area contributed by atoms with Gasteiger partial charge in [-0.3, -0.25) is 0 Å². The van der Waals surface area contributed by atoms with Crippen LogP contribution >= 0.6 is 11.3 Å². The lowest BCUT2D eigenvalue weighted by molar-refractivity contribution is 0.0468. The predicted molar refractivity (Wildman–Crippen MR) is 110 cm³/mol. The second kappa shape index (κ2) is 9.09. The minimum absolute atomic E-state index is 0.0129. The molecule has 0 aliphatic carbocycles. The summed E-state index contributed by atoms with van der Waals surface area (Å²) in [5.74, 6) is 0.0984. The van der Waals surface area contributed by atoms with Gasteiger partial charge in [0.1, 0.15) is 6.61 Å². The molecule has 0 radical (unpaired) electrons. The predicted octanol–water partition coefficient (Wildman–Crippen LogP) is 3.22. The van der Waals surface area contributed by atoms with Crippen molar-refractivity contribution >= 4 is 27.3 Å². The number of nitrogens with zero attached hydrogens (tertiary/aromatic N) is 1. The first-order valence-corrected chi connectivity index (χ1v) is 11.7. The van der Waals surface area contributed by atoms with Gasteiger partial charge in [0.2, 0.25) is 10.0 Å². The zero-order valence-electron chi connectivity index (χ0n) is 15.9. The topological polar surface area (TPSA) is 108 Å². The van der Waals surface area contributed by atoms with E-state index in [-0.39, 0.29) is 29.7 Å². The minimum atomic E-state index is -3.66. The summed E-state index contributed by atoms with van der Waals surface area (Å²) in [5, 5.41) is 2.50. The van der Waals surface area contributed by atoms with Crippen molar-refractivity contribution in [1.82, 2.24) is 9.71 Å². The van der Waals surface area contributed by atoms with E-state index < -0.39 is 16.0 Å². The number of ether oxygens (including phenoxy) is 2. The quantitative estimate of drug-likeness (QED) is 0.527. The van der Waals surface area contributed by atoms with Crippen molar-refractivity contribution < 1.29 is 27.1 Å². The Labute approximate surface area is 177 Å². The standard InChI is InChI=1S/C20H20N2O6S2/c23-20(28-12-15-13-29-19(22-15)18-4-2-10-27-18)14-5-7-17(8-6-14)30(24,25)21-11-16-3-1-9-26-16/h2,4-8,10,13,16,21H,1,3,9,11-12H2. The van der Waals surface area contributed by atoms with Gasteiger partial charge in [-0.15, -0.1) is 11.3 Å². The van der Waals surface area contributed by atoms with E-state index in [1.54, 1.807) is 23.8 Å². The average molecular weight is 449 g/mol. The van der Waals surface area contributed by atoms with Gasteiger partial charge in [-0.1, -0.05) is 0 Å². The van der Waals surface area contributed by atoms with E-state index in [4.69, 9.17) is 13.9 Å². The number of furan rings is 1. The van der Waals surface area contributed by atoms with Crippen molar-refractivity contribution in [2.24, 2.45) is 0 Å². The van der Waals surface area contributed by atoms with Crippen molar-refractivity contribution in [1.29, 1.82) is 0 Å². The minimum Gasteiger partial charge on any atom is -0.462 e. The summed E-state index contributed by atoms with van der Waals surface area (Å²) < 4.78 is 43.3. The van der Waals surface area contributed by atoms with Crippen molar-refractivity contribution in [3.05, 3.63) is 59.3 Å². The molecule has 3 aromatic rings. The number of thiazole rings is 1. The zero-order valence-corrected chi connectivity index (χ0v) is 17.6. The maximum absolute atomic E-state index is 12.4. The van der Waals surface area contributed by atoms with E-state index in [0.29, 0.717) is 23.1 Å². The Morgan fingerprint density at radius 2 is 2.10 bits per heavy atom. The van der Waals surface area contributed by atoms with Crippen LogP contribution in [0, 0.1) is 0 Å². The Balaban J connectivity index is 1.32. The first-order valence-electron chi connectivity index (χ1n) is 9.38. The molecule has 0 bridgehead atoms. The fraction of sp³-hybridized carbons (Fsp3) is 0.300. The first kappa shape index (κ1) is 20.7. The molecular weight excluding hydrogens is 428 g/mol. The second-order valence-electron chi connectivity index (χ2n) is 6.71. The van der Waals surface area contributed by atoms with E-state index in [9.17, 15) is 13.2 Å². The Morgan fingerprint density at radius 3 is 2.80 bits per heavy atom. The third kappa shape index (κ3) is 4.96. The molecule has 10 heteroatoms. The van der Waals surface area contributed by atoms with Crippen LogP contribution in [0.1, 0.15) is 28.9 Å². The molecule has 0 saturated carbocycles. The van der Waals surface area contributed by atoms with Gasteiger partial charge in [0.15, 0.2) is 10.8 Å². The number of rotatable bonds is 8. The van der Waals surface area contributed by atoms with Crippen LogP contribution in [0.3, 0.4) is 0 Å². The lowest BCUT2D eigenvalue weighted by atomic mass is 10.2. The van der Waals surface area contributed by atoms with Gasteiger partial charge in [-0.05, 0) is 49.2 Å². The fourth-order valence-corrected chi connectivity index (χ4v) is 4.81. The van der Waals surface area contributed by atoms with Gasteiger partial charge in [0.25, 0.3) is 0 Å². The van der Waals surface area contributed by atoms with Gasteiger partial charge in [-0.25, -0.2) is 22.9 Å². The number of carbonyl (C=O) groups excluding carboxylic acids is 1. The Hall–Kier alpha value is -2.53. The van der Waals surface area contributed by atoms with Gasteiger partial charge < -0.3 is 13.9 Å². The molecule has 30 heavy (non-hydrogen) atoms. The highest BCUT2D eigenvalue weighted by Gasteiger charge is 2.20. The molecule has 1 N–H and O–H groups in total. The van der Waals surface area contributed by atoms with Crippen molar-refractivity contribution in [3.8, 4) is 10.8 Å². The third-order valence-electron chi connectivity index (χ3n) is 4.56. The highest BCUT2D eigenvalue weighted by molar-refractivity contribution is 7.89. The van der Waals surface area contributed by atoms with Crippen LogP contribution in [0.4, 0.5) is 0 Å². The van der Waals surface area contributed by atoms with Crippen LogP contribution in [0.15, 0.2) is 57.4 Å². The maximum Gasteiger partial charge on any atom is 0.338 e. The lowest BCUT2D eigenvalue weighted by Crippen LogP contribution is -2.31. The fourth-order valence-electron chi connectivity index (χ4n) is 2.97. The van der Waals surface area contributed by atoms with Crippen LogP contribution in [0.5, 0.6) is 0 Å². The number of sulfonamides is 1. The molecule has 2 aromatic heterocycles. The smallest absolute Gasteiger partial charge is 0.338 e. The van der Waals surface area contributed by atoms with E-state index in [0.717, 1.165) is 12.8 Å². The Bertz CT molecular complexity index is 1080. The van der Waals surface area contributed by atoms with Gasteiger partial charge >= 0.3 is 5.97 Å². The lowest BCUT2D eigenvalue weighted by Gasteiger charge is -2.11. The molecule has 8 nitrogen and oxygen atoms in total. The Kier molecular flexibility index (Phi) is 6.28. The van der Waals surface area contributed by atoms with Crippen molar-refractivity contribution in [2.45, 2.75) is 30.4 Å². The average Bonchev–Trinajstić information content (AvgIpc) is 3.53.